The Labute approximate surface area is 241 Å². The molecule has 2 fully saturated rings. The van der Waals surface area contributed by atoms with Crippen LogP contribution in [0.3, 0.4) is 0 Å². The number of benzene rings is 3. The Balaban J connectivity index is 1.40. The summed E-state index contributed by atoms with van der Waals surface area (Å²) >= 11 is 5.92. The minimum atomic E-state index is -4.55. The third-order valence-corrected chi connectivity index (χ3v) is 9.14. The van der Waals surface area contributed by atoms with Gasteiger partial charge in [-0.15, -0.1) is 0 Å². The second-order valence-electron chi connectivity index (χ2n) is 9.75. The number of nitrogens with zero attached hydrogens (tertiary/aromatic N) is 3. The van der Waals surface area contributed by atoms with Gasteiger partial charge in [-0.25, -0.2) is 13.2 Å². The van der Waals surface area contributed by atoms with E-state index in [1.165, 1.54) is 20.2 Å². The van der Waals surface area contributed by atoms with Crippen LogP contribution in [0.1, 0.15) is 17.2 Å². The van der Waals surface area contributed by atoms with Crippen LogP contribution in [0.15, 0.2) is 72.8 Å². The van der Waals surface area contributed by atoms with Gasteiger partial charge in [-0.1, -0.05) is 23.7 Å². The average molecular weight is 609 g/mol. The number of carbonyl (C=O) groups is 1. The standard InChI is InChI=1S/C28H28ClF3N4O4S/c29-22-4-8-24(9-5-22)40-25-10-6-23(7-11-25)36-26(20-2-1-3-21(18-20)28(30,31)32)19-34(27(36)37)16-17-41(38,39)35-14-12-33-13-15-35/h1-11,18,26,33H,12-17,19H2. The monoisotopic (exact) mass is 608 g/mol. The van der Waals surface area contributed by atoms with Crippen molar-refractivity contribution >= 4 is 33.3 Å². The number of alkyl halides is 3. The van der Waals surface area contributed by atoms with Crippen molar-refractivity contribution in [2.45, 2.75) is 12.2 Å². The van der Waals surface area contributed by atoms with Gasteiger partial charge in [0.1, 0.15) is 11.5 Å². The van der Waals surface area contributed by atoms with E-state index in [9.17, 15) is 26.4 Å². The molecule has 0 spiro atoms. The van der Waals surface area contributed by atoms with Crippen LogP contribution in [-0.2, 0) is 16.2 Å². The lowest BCUT2D eigenvalue weighted by Gasteiger charge is -2.27. The van der Waals surface area contributed by atoms with Crippen molar-refractivity contribution < 1.29 is 31.1 Å². The van der Waals surface area contributed by atoms with Gasteiger partial charge in [0.2, 0.25) is 10.0 Å². The third-order valence-electron chi connectivity index (χ3n) is 7.03. The molecular formula is C28H28ClF3N4O4S. The van der Waals surface area contributed by atoms with E-state index in [0.29, 0.717) is 54.0 Å². The van der Waals surface area contributed by atoms with E-state index in [4.69, 9.17) is 16.3 Å². The molecule has 1 N–H and O–H groups in total. The number of hydrogen-bond acceptors (Lipinski definition) is 5. The maximum Gasteiger partial charge on any atom is 0.416 e. The molecule has 2 aliphatic rings. The van der Waals surface area contributed by atoms with E-state index in [1.54, 1.807) is 54.6 Å². The number of urea groups is 1. The Morgan fingerprint density at radius 3 is 2.22 bits per heavy atom. The minimum Gasteiger partial charge on any atom is -0.457 e. The van der Waals surface area contributed by atoms with E-state index in [0.717, 1.165) is 12.1 Å². The number of amides is 2. The lowest BCUT2D eigenvalue weighted by molar-refractivity contribution is -0.137. The van der Waals surface area contributed by atoms with Gasteiger partial charge in [0.15, 0.2) is 0 Å². The molecule has 2 saturated heterocycles. The molecule has 1 unspecified atom stereocenters. The summed E-state index contributed by atoms with van der Waals surface area (Å²) in [5.41, 5.74) is -0.0932. The van der Waals surface area contributed by atoms with Gasteiger partial charge in [-0.2, -0.15) is 17.5 Å². The largest absolute Gasteiger partial charge is 0.457 e. The van der Waals surface area contributed by atoms with E-state index in [1.807, 2.05) is 0 Å². The zero-order valence-electron chi connectivity index (χ0n) is 21.9. The summed E-state index contributed by atoms with van der Waals surface area (Å²) in [6.07, 6.45) is -4.55. The molecule has 8 nitrogen and oxygen atoms in total. The first-order valence-electron chi connectivity index (χ1n) is 13.0. The third kappa shape index (κ3) is 6.78. The van der Waals surface area contributed by atoms with Crippen LogP contribution in [-0.4, -0.2) is 68.7 Å². The van der Waals surface area contributed by atoms with E-state index in [-0.39, 0.29) is 18.8 Å². The van der Waals surface area contributed by atoms with Crippen molar-refractivity contribution in [3.8, 4) is 11.5 Å². The van der Waals surface area contributed by atoms with Crippen molar-refractivity contribution in [1.29, 1.82) is 0 Å². The van der Waals surface area contributed by atoms with Crippen molar-refractivity contribution in [2.75, 3.05) is 49.9 Å². The van der Waals surface area contributed by atoms with Crippen LogP contribution in [0.5, 0.6) is 11.5 Å². The van der Waals surface area contributed by atoms with Crippen molar-refractivity contribution in [1.82, 2.24) is 14.5 Å². The fourth-order valence-corrected chi connectivity index (χ4v) is 6.47. The Kier molecular flexibility index (Phi) is 8.46. The first-order chi connectivity index (χ1) is 19.5. The minimum absolute atomic E-state index is 0.0280. The number of halogens is 4. The molecule has 3 aromatic rings. The number of sulfonamides is 1. The number of nitrogens with one attached hydrogen (secondary N) is 1. The Morgan fingerprint density at radius 2 is 1.59 bits per heavy atom. The molecule has 3 aromatic carbocycles. The highest BCUT2D eigenvalue weighted by Gasteiger charge is 2.41. The van der Waals surface area contributed by atoms with Crippen LogP contribution in [0.2, 0.25) is 5.02 Å². The van der Waals surface area contributed by atoms with Crippen molar-refractivity contribution in [3.05, 3.63) is 88.9 Å². The molecule has 0 saturated carbocycles. The van der Waals surface area contributed by atoms with Gasteiger partial charge in [-0.05, 0) is 66.2 Å². The van der Waals surface area contributed by atoms with Gasteiger partial charge in [0, 0.05) is 50.0 Å². The molecule has 2 amide bonds. The van der Waals surface area contributed by atoms with Gasteiger partial charge in [0.05, 0.1) is 17.4 Å². The number of carbonyl (C=O) groups excluding carboxylic acids is 1. The highest BCUT2D eigenvalue weighted by molar-refractivity contribution is 7.89. The topological polar surface area (TPSA) is 82.2 Å². The summed E-state index contributed by atoms with van der Waals surface area (Å²) in [7, 11) is -3.62. The molecule has 0 bridgehead atoms. The van der Waals surface area contributed by atoms with E-state index < -0.39 is 33.8 Å². The highest BCUT2D eigenvalue weighted by atomic mass is 35.5. The first-order valence-corrected chi connectivity index (χ1v) is 15.0. The average Bonchev–Trinajstić information content (AvgIpc) is 3.29. The summed E-state index contributed by atoms with van der Waals surface area (Å²) in [6, 6.07) is 17.0. The number of hydrogen-bond donors (Lipinski definition) is 1. The summed E-state index contributed by atoms with van der Waals surface area (Å²) in [5.74, 6) is 0.755. The molecule has 2 aliphatic heterocycles. The van der Waals surface area contributed by atoms with Crippen molar-refractivity contribution in [2.24, 2.45) is 0 Å². The number of ether oxygens (including phenoxy) is 1. The Bertz CT molecular complexity index is 1480. The fraction of sp³-hybridized carbons (Fsp3) is 0.321. The normalized spacial score (nSPS) is 18.6. The lowest BCUT2D eigenvalue weighted by atomic mass is 10.0. The van der Waals surface area contributed by atoms with Crippen LogP contribution in [0, 0.1) is 0 Å². The lowest BCUT2D eigenvalue weighted by Crippen LogP contribution is -2.48. The predicted molar refractivity (Wildman–Crippen MR) is 150 cm³/mol. The maximum absolute atomic E-state index is 13.6. The number of rotatable bonds is 8. The summed E-state index contributed by atoms with van der Waals surface area (Å²) in [6.45, 7) is 1.73. The number of piperazine rings is 1. The Hall–Kier alpha value is -3.32. The highest BCUT2D eigenvalue weighted by Crippen LogP contribution is 2.38. The van der Waals surface area contributed by atoms with Crippen molar-refractivity contribution in [3.63, 3.8) is 0 Å². The van der Waals surface area contributed by atoms with Gasteiger partial charge < -0.3 is 15.0 Å². The van der Waals surface area contributed by atoms with E-state index >= 15 is 0 Å². The van der Waals surface area contributed by atoms with Gasteiger partial charge in [-0.3, -0.25) is 4.90 Å². The molecular weight excluding hydrogens is 581 g/mol. The van der Waals surface area contributed by atoms with Crippen LogP contribution in [0.4, 0.5) is 23.7 Å². The van der Waals surface area contributed by atoms with Crippen LogP contribution in [0.25, 0.3) is 0 Å². The second-order valence-corrected chi connectivity index (χ2v) is 12.3. The molecule has 218 valence electrons. The molecule has 0 aliphatic carbocycles. The first kappa shape index (κ1) is 29.2. The van der Waals surface area contributed by atoms with Crippen LogP contribution < -0.4 is 15.0 Å². The van der Waals surface area contributed by atoms with Gasteiger partial charge in [0.25, 0.3) is 0 Å². The van der Waals surface area contributed by atoms with Gasteiger partial charge >= 0.3 is 12.2 Å². The maximum atomic E-state index is 13.6. The predicted octanol–water partition coefficient (Wildman–Crippen LogP) is 5.37. The molecule has 41 heavy (non-hydrogen) atoms. The zero-order valence-corrected chi connectivity index (χ0v) is 23.4. The van der Waals surface area contributed by atoms with Crippen LogP contribution >= 0.6 is 11.6 Å². The summed E-state index contributed by atoms with van der Waals surface area (Å²) in [4.78, 5) is 16.4. The fourth-order valence-electron chi connectivity index (χ4n) is 4.90. The smallest absolute Gasteiger partial charge is 0.416 e. The van der Waals surface area contributed by atoms with E-state index in [2.05, 4.69) is 5.32 Å². The second kappa shape index (κ2) is 11.9. The number of anilines is 1. The molecule has 2 heterocycles. The molecule has 13 heteroatoms. The molecule has 5 rings (SSSR count). The molecule has 0 radical (unpaired) electrons. The Morgan fingerprint density at radius 1 is 0.951 bits per heavy atom. The zero-order chi connectivity index (χ0) is 29.2. The molecule has 0 aromatic heterocycles. The molecule has 1 atom stereocenters. The summed E-state index contributed by atoms with van der Waals surface area (Å²) in [5, 5.41) is 3.66. The quantitative estimate of drug-likeness (QED) is 0.372. The summed E-state index contributed by atoms with van der Waals surface area (Å²) < 4.78 is 73.6. The SMILES string of the molecule is O=C1N(CCS(=O)(=O)N2CCNCC2)CC(c2cccc(C(F)(F)F)c2)N1c1ccc(Oc2ccc(Cl)cc2)cc1.